The van der Waals surface area contributed by atoms with Crippen molar-refractivity contribution in [3.8, 4) is 0 Å². The molecule has 1 aliphatic rings. The van der Waals surface area contributed by atoms with Crippen molar-refractivity contribution in [2.45, 2.75) is 0 Å². The van der Waals surface area contributed by atoms with Crippen LogP contribution in [-0.4, -0.2) is 20.7 Å². The predicted octanol–water partition coefficient (Wildman–Crippen LogP) is -0.302. The molecule has 0 aromatic rings. The second-order valence-corrected chi connectivity index (χ2v) is 2.60. The summed E-state index contributed by atoms with van der Waals surface area (Å²) in [6, 6.07) is 0. The van der Waals surface area contributed by atoms with Crippen LogP contribution in [0.4, 0.5) is 0 Å². The van der Waals surface area contributed by atoms with Crippen molar-refractivity contribution < 1.29 is 8.91 Å². The van der Waals surface area contributed by atoms with Gasteiger partial charge < -0.3 is 5.53 Å². The number of nitrogens with zero attached hydrogens (tertiary/aromatic N) is 2. The summed E-state index contributed by atoms with van der Waals surface area (Å²) >= 11 is 0. The highest BCUT2D eigenvalue weighted by molar-refractivity contribution is 7.85. The molecule has 3 nitrogen and oxygen atoms in total. The van der Waals surface area contributed by atoms with Crippen LogP contribution in [0.15, 0.2) is 0 Å². The molecule has 0 amide bonds. The molecular formula is C2H4N2OS. The van der Waals surface area contributed by atoms with Crippen molar-refractivity contribution >= 4 is 10.8 Å². The Morgan fingerprint density at radius 1 is 1.67 bits per heavy atom. The molecule has 4 heteroatoms. The van der Waals surface area contributed by atoms with E-state index in [1.165, 1.54) is 0 Å². The third kappa shape index (κ3) is 0.472. The molecule has 0 spiro atoms. The summed E-state index contributed by atoms with van der Waals surface area (Å²) in [7, 11) is -0.746. The van der Waals surface area contributed by atoms with Crippen LogP contribution in [0.25, 0.3) is 5.53 Å². The van der Waals surface area contributed by atoms with E-state index >= 15 is 0 Å². The lowest BCUT2D eigenvalue weighted by atomic mass is 11.2. The van der Waals surface area contributed by atoms with Crippen LogP contribution in [0.5, 0.6) is 0 Å². The van der Waals surface area contributed by atoms with Crippen LogP contribution in [0.1, 0.15) is 0 Å². The minimum Gasteiger partial charge on any atom is -0.505 e. The fourth-order valence-corrected chi connectivity index (χ4v) is 0.884. The molecule has 1 rings (SSSR count). The van der Waals surface area contributed by atoms with E-state index in [2.05, 4.69) is 0 Å². The van der Waals surface area contributed by atoms with Crippen LogP contribution < -0.4 is 0 Å². The Morgan fingerprint density at radius 3 is 2.17 bits per heavy atom. The van der Waals surface area contributed by atoms with Gasteiger partial charge in [0.1, 0.15) is 10.8 Å². The van der Waals surface area contributed by atoms with Crippen LogP contribution in [0, 0.1) is 0 Å². The lowest BCUT2D eigenvalue weighted by molar-refractivity contribution is -0.530. The van der Waals surface area contributed by atoms with Crippen molar-refractivity contribution in [3.05, 3.63) is 5.53 Å². The van der Waals surface area contributed by atoms with Crippen molar-refractivity contribution in [1.82, 2.24) is 0 Å². The highest BCUT2D eigenvalue weighted by Gasteiger charge is 2.18. The maximum absolute atomic E-state index is 10.0. The van der Waals surface area contributed by atoms with E-state index < -0.39 is 10.8 Å². The molecule has 0 atom stereocenters. The lowest BCUT2D eigenvalue weighted by Crippen LogP contribution is -2.31. The van der Waals surface area contributed by atoms with Crippen LogP contribution in [0.2, 0.25) is 0 Å². The first-order valence-corrected chi connectivity index (χ1v) is 3.06. The minimum absolute atomic E-state index is 0.333. The number of rotatable bonds is 0. The van der Waals surface area contributed by atoms with Gasteiger partial charge in [-0.1, -0.05) is 0 Å². The zero-order valence-corrected chi connectivity index (χ0v) is 3.94. The molecule has 6 heavy (non-hydrogen) atoms. The van der Waals surface area contributed by atoms with Gasteiger partial charge >= 0.3 is 0 Å². The molecule has 1 aliphatic heterocycles. The van der Waals surface area contributed by atoms with E-state index in [-0.39, 0.29) is 0 Å². The standard InChI is InChI=1S/C2H4N2OS/c3-4-1-6(5)2-4/h1-2H2. The topological polar surface area (TPSA) is 42.4 Å². The van der Waals surface area contributed by atoms with Gasteiger partial charge in [0.05, 0.1) is 0 Å². The molecule has 1 heterocycles. The van der Waals surface area contributed by atoms with E-state index in [4.69, 9.17) is 5.53 Å². The van der Waals surface area contributed by atoms with Crippen molar-refractivity contribution in [2.75, 3.05) is 11.8 Å². The third-order valence-corrected chi connectivity index (χ3v) is 1.76. The van der Waals surface area contributed by atoms with Gasteiger partial charge in [0.2, 0.25) is 11.8 Å². The van der Waals surface area contributed by atoms with Gasteiger partial charge in [-0.05, 0) is 0 Å². The third-order valence-electron chi connectivity index (χ3n) is 0.586. The molecule has 0 aliphatic carbocycles. The predicted molar refractivity (Wildman–Crippen MR) is 21.5 cm³/mol. The van der Waals surface area contributed by atoms with Gasteiger partial charge in [-0.3, -0.25) is 4.70 Å². The molecule has 0 N–H and O–H groups in total. The van der Waals surface area contributed by atoms with Gasteiger partial charge in [-0.15, -0.1) is 0 Å². The average molecular weight is 104 g/mol. The molecule has 0 saturated carbocycles. The summed E-state index contributed by atoms with van der Waals surface area (Å²) in [6.45, 7) is 0. The number of hydrogen-bond acceptors (Lipinski definition) is 1. The molecule has 1 fully saturated rings. The van der Waals surface area contributed by atoms with Gasteiger partial charge in [-0.25, -0.2) is 4.21 Å². The molecular weight excluding hydrogens is 100 g/mol. The van der Waals surface area contributed by atoms with E-state index in [1.807, 2.05) is 0 Å². The second kappa shape index (κ2) is 1.11. The highest BCUT2D eigenvalue weighted by Crippen LogP contribution is 1.95. The zero-order chi connectivity index (χ0) is 4.57. The summed E-state index contributed by atoms with van der Waals surface area (Å²) in [5, 5.41) is 0. The van der Waals surface area contributed by atoms with Gasteiger partial charge in [0.15, 0.2) is 0 Å². The minimum atomic E-state index is -0.746. The molecule has 0 bridgehead atoms. The van der Waals surface area contributed by atoms with E-state index in [0.29, 0.717) is 11.8 Å². The Kier molecular flexibility index (Phi) is 0.727. The average Bonchev–Trinajstić information content (AvgIpc) is 1.33. The summed E-state index contributed by atoms with van der Waals surface area (Å²) in [4.78, 5) is 0. The first-order valence-electron chi connectivity index (χ1n) is 1.58. The monoisotopic (exact) mass is 104 g/mol. The van der Waals surface area contributed by atoms with Gasteiger partial charge in [0.25, 0.3) is 0 Å². The second-order valence-electron chi connectivity index (χ2n) is 1.20. The van der Waals surface area contributed by atoms with Crippen molar-refractivity contribution in [3.63, 3.8) is 0 Å². The summed E-state index contributed by atoms with van der Waals surface area (Å²) in [6.07, 6.45) is 0. The van der Waals surface area contributed by atoms with Crippen LogP contribution >= 0.6 is 0 Å². The Bertz CT molecular complexity index is 88.1. The Morgan fingerprint density at radius 2 is 2.17 bits per heavy atom. The molecule has 34 valence electrons. The molecule has 1 saturated heterocycles. The largest absolute Gasteiger partial charge is 0.505 e. The van der Waals surface area contributed by atoms with E-state index in [1.54, 1.807) is 0 Å². The summed E-state index contributed by atoms with van der Waals surface area (Å²) in [5.41, 5.74) is 8.26. The fraction of sp³-hybridized carbons (Fsp3) is 1.00. The molecule has 0 radical (unpaired) electrons. The van der Waals surface area contributed by atoms with E-state index in [9.17, 15) is 4.21 Å². The highest BCUT2D eigenvalue weighted by atomic mass is 32.2. The van der Waals surface area contributed by atoms with Crippen LogP contribution in [0.3, 0.4) is 0 Å². The first-order chi connectivity index (χ1) is 2.79. The zero-order valence-electron chi connectivity index (χ0n) is 3.13. The van der Waals surface area contributed by atoms with Crippen molar-refractivity contribution in [2.24, 2.45) is 0 Å². The fourth-order valence-electron chi connectivity index (χ4n) is 0.295. The van der Waals surface area contributed by atoms with Crippen molar-refractivity contribution in [1.29, 1.82) is 0 Å². The first kappa shape index (κ1) is 3.92. The smallest absolute Gasteiger partial charge is 0.213 e. The summed E-state index contributed by atoms with van der Waals surface area (Å²) < 4.78 is 11.0. The Balaban J connectivity index is 2.47. The van der Waals surface area contributed by atoms with Gasteiger partial charge in [-0.2, -0.15) is 0 Å². The Labute approximate surface area is 37.9 Å². The maximum Gasteiger partial charge on any atom is 0.213 e. The summed E-state index contributed by atoms with van der Waals surface area (Å²) in [5.74, 6) is 0.667. The Hall–Kier alpha value is -0.250. The lowest BCUT2D eigenvalue weighted by Gasteiger charge is -2.11. The quantitative estimate of drug-likeness (QED) is 0.389. The van der Waals surface area contributed by atoms with Crippen LogP contribution in [-0.2, 0) is 10.8 Å². The number of hydrogen-bond donors (Lipinski definition) is 0. The molecule has 0 unspecified atom stereocenters. The normalized spacial score (nSPS) is 23.7. The van der Waals surface area contributed by atoms with E-state index in [0.717, 1.165) is 4.70 Å². The molecule has 0 aromatic carbocycles. The molecule has 0 aromatic heterocycles. The van der Waals surface area contributed by atoms with Gasteiger partial charge in [0, 0.05) is 0 Å². The SMILES string of the molecule is [N-]=[N+]1CS(=O)C1. The maximum atomic E-state index is 10.0.